The number of aryl methyl sites for hydroxylation is 1. The van der Waals surface area contributed by atoms with Crippen LogP contribution in [0.1, 0.15) is 27.2 Å². The fraction of sp³-hybridized carbons (Fsp3) is 0.233. The maximum absolute atomic E-state index is 12.8. The van der Waals surface area contributed by atoms with Gasteiger partial charge in [0.1, 0.15) is 5.65 Å². The van der Waals surface area contributed by atoms with E-state index in [9.17, 15) is 4.79 Å². The normalized spacial score (nSPS) is 11.4. The van der Waals surface area contributed by atoms with Crippen molar-refractivity contribution in [1.82, 2.24) is 19.3 Å². The third-order valence-electron chi connectivity index (χ3n) is 6.55. The fourth-order valence-corrected chi connectivity index (χ4v) is 5.24. The largest absolute Gasteiger partial charge is 0.383 e. The number of carbonyl (C=O) groups excluding carboxylic acids is 1. The summed E-state index contributed by atoms with van der Waals surface area (Å²) in [6, 6.07) is 21.8. The standard InChI is InChI=1S/C30H31N5O2S/c1-21-7-4-5-8-23(21)17-27(36)22-11-13-24(14-12-22)33-30-32-19-28(38-30)26-18-31-29-10-6-9-25(35(26)29)20-34(2)15-16-37-3/h4-14,18-19H,15-17,20H2,1-3H3,(H,32,33). The van der Waals surface area contributed by atoms with E-state index in [4.69, 9.17) is 4.74 Å². The molecule has 3 heterocycles. The summed E-state index contributed by atoms with van der Waals surface area (Å²) < 4.78 is 7.41. The summed E-state index contributed by atoms with van der Waals surface area (Å²) in [4.78, 5) is 25.3. The van der Waals surface area contributed by atoms with Crippen molar-refractivity contribution < 1.29 is 9.53 Å². The zero-order chi connectivity index (χ0) is 26.5. The van der Waals surface area contributed by atoms with Crippen LogP contribution in [-0.2, 0) is 17.7 Å². The Hall–Kier alpha value is -3.85. The third kappa shape index (κ3) is 5.83. The zero-order valence-electron chi connectivity index (χ0n) is 21.8. The molecular weight excluding hydrogens is 494 g/mol. The number of imidazole rings is 1. The topological polar surface area (TPSA) is 71.8 Å². The van der Waals surface area contributed by atoms with E-state index in [2.05, 4.69) is 37.7 Å². The molecule has 38 heavy (non-hydrogen) atoms. The van der Waals surface area contributed by atoms with Gasteiger partial charge in [-0.05, 0) is 61.5 Å². The molecule has 7 nitrogen and oxygen atoms in total. The number of hydrogen-bond acceptors (Lipinski definition) is 7. The number of nitrogens with zero attached hydrogens (tertiary/aromatic N) is 4. The van der Waals surface area contributed by atoms with E-state index in [1.807, 2.05) is 80.0 Å². The van der Waals surface area contributed by atoms with Crippen LogP contribution in [0.25, 0.3) is 16.2 Å². The molecule has 0 aliphatic heterocycles. The Labute approximate surface area is 226 Å². The molecule has 0 saturated carbocycles. The van der Waals surface area contributed by atoms with Crippen molar-refractivity contribution in [2.45, 2.75) is 19.9 Å². The van der Waals surface area contributed by atoms with Crippen LogP contribution in [0.4, 0.5) is 10.8 Å². The van der Waals surface area contributed by atoms with E-state index in [1.54, 1.807) is 18.4 Å². The van der Waals surface area contributed by atoms with Gasteiger partial charge >= 0.3 is 0 Å². The van der Waals surface area contributed by atoms with Gasteiger partial charge in [0.15, 0.2) is 10.9 Å². The average molecular weight is 526 g/mol. The summed E-state index contributed by atoms with van der Waals surface area (Å²) in [5, 5.41) is 4.15. The molecule has 0 atom stereocenters. The van der Waals surface area contributed by atoms with E-state index in [-0.39, 0.29) is 5.78 Å². The Bertz CT molecular complexity index is 1540. The van der Waals surface area contributed by atoms with Crippen molar-refractivity contribution in [3.8, 4) is 10.6 Å². The second-order valence-electron chi connectivity index (χ2n) is 9.34. The van der Waals surface area contributed by atoms with E-state index in [1.165, 1.54) is 0 Å². The molecule has 0 bridgehead atoms. The Balaban J connectivity index is 1.30. The number of rotatable bonds is 11. The highest BCUT2D eigenvalue weighted by Gasteiger charge is 2.14. The van der Waals surface area contributed by atoms with Crippen molar-refractivity contribution in [1.29, 1.82) is 0 Å². The molecule has 0 amide bonds. The highest BCUT2D eigenvalue weighted by molar-refractivity contribution is 7.18. The number of nitrogens with one attached hydrogen (secondary N) is 1. The Morgan fingerprint density at radius 2 is 1.84 bits per heavy atom. The molecule has 0 saturated heterocycles. The van der Waals surface area contributed by atoms with Crippen LogP contribution in [0.2, 0.25) is 0 Å². The van der Waals surface area contributed by atoms with Gasteiger partial charge in [-0.15, -0.1) is 0 Å². The number of methoxy groups -OCH3 is 1. The second-order valence-corrected chi connectivity index (χ2v) is 10.4. The van der Waals surface area contributed by atoms with Crippen LogP contribution in [0.5, 0.6) is 0 Å². The summed E-state index contributed by atoms with van der Waals surface area (Å²) >= 11 is 1.57. The van der Waals surface area contributed by atoms with Gasteiger partial charge < -0.3 is 10.1 Å². The van der Waals surface area contributed by atoms with E-state index in [0.29, 0.717) is 18.6 Å². The fourth-order valence-electron chi connectivity index (χ4n) is 4.40. The van der Waals surface area contributed by atoms with E-state index >= 15 is 0 Å². The number of aromatic nitrogens is 3. The molecule has 0 aliphatic rings. The van der Waals surface area contributed by atoms with Gasteiger partial charge in [-0.3, -0.25) is 14.1 Å². The predicted octanol–water partition coefficient (Wildman–Crippen LogP) is 6.01. The summed E-state index contributed by atoms with van der Waals surface area (Å²) in [5.74, 6) is 0.110. The SMILES string of the molecule is COCCN(C)Cc1cccc2ncc(-c3cnc(Nc4ccc(C(=O)Cc5ccccc5C)cc4)s3)n12. The first-order valence-electron chi connectivity index (χ1n) is 12.6. The molecule has 1 N–H and O–H groups in total. The second kappa shape index (κ2) is 11.7. The smallest absolute Gasteiger partial charge is 0.187 e. The van der Waals surface area contributed by atoms with Crippen LogP contribution in [-0.4, -0.2) is 52.4 Å². The highest BCUT2D eigenvalue weighted by Crippen LogP contribution is 2.32. The lowest BCUT2D eigenvalue weighted by atomic mass is 9.99. The summed E-state index contributed by atoms with van der Waals surface area (Å²) in [5.41, 5.74) is 6.86. The molecule has 0 aliphatic carbocycles. The summed E-state index contributed by atoms with van der Waals surface area (Å²) in [6.45, 7) is 4.35. The molecule has 8 heteroatoms. The Kier molecular flexibility index (Phi) is 7.93. The van der Waals surface area contributed by atoms with Gasteiger partial charge in [-0.2, -0.15) is 0 Å². The molecule has 0 unspecified atom stereocenters. The number of carbonyl (C=O) groups is 1. The highest BCUT2D eigenvalue weighted by atomic mass is 32.1. The maximum Gasteiger partial charge on any atom is 0.187 e. The first-order chi connectivity index (χ1) is 18.5. The lowest BCUT2D eigenvalue weighted by Gasteiger charge is -2.17. The number of hydrogen-bond donors (Lipinski definition) is 1. The summed E-state index contributed by atoms with van der Waals surface area (Å²) in [6.07, 6.45) is 4.18. The number of benzene rings is 2. The van der Waals surface area contributed by atoms with Gasteiger partial charge in [0.05, 0.1) is 23.4 Å². The number of Topliss-reactive ketones (excluding diaryl/α,β-unsaturated/α-hetero) is 1. The third-order valence-corrected chi connectivity index (χ3v) is 7.48. The van der Waals surface area contributed by atoms with E-state index < -0.39 is 0 Å². The molecule has 0 fully saturated rings. The molecule has 3 aromatic heterocycles. The van der Waals surface area contributed by atoms with Crippen LogP contribution in [0.15, 0.2) is 79.1 Å². The number of ether oxygens (including phenoxy) is 1. The Morgan fingerprint density at radius 1 is 1.03 bits per heavy atom. The lowest BCUT2D eigenvalue weighted by molar-refractivity contribution is 0.0993. The maximum atomic E-state index is 12.8. The van der Waals surface area contributed by atoms with Gasteiger partial charge in [0, 0.05) is 49.8 Å². The number of fused-ring (bicyclic) bond motifs is 1. The average Bonchev–Trinajstić information content (AvgIpc) is 3.57. The minimum atomic E-state index is 0.110. The van der Waals surface area contributed by atoms with Crippen LogP contribution in [0, 0.1) is 6.92 Å². The van der Waals surface area contributed by atoms with Gasteiger partial charge in [0.25, 0.3) is 0 Å². The molecule has 0 radical (unpaired) electrons. The van der Waals surface area contributed by atoms with Gasteiger partial charge in [-0.25, -0.2) is 9.97 Å². The van der Waals surface area contributed by atoms with E-state index in [0.717, 1.165) is 56.9 Å². The zero-order valence-corrected chi connectivity index (χ0v) is 22.7. The molecule has 194 valence electrons. The number of thiazole rings is 1. The van der Waals surface area contributed by atoms with Crippen molar-refractivity contribution >= 4 is 33.6 Å². The molecule has 5 rings (SSSR count). The number of anilines is 2. The first kappa shape index (κ1) is 25.8. The monoisotopic (exact) mass is 525 g/mol. The number of pyridine rings is 1. The number of likely N-dealkylation sites (N-methyl/N-ethyl adjacent to an activating group) is 1. The van der Waals surface area contributed by atoms with Crippen LogP contribution >= 0.6 is 11.3 Å². The van der Waals surface area contributed by atoms with Crippen molar-refractivity contribution in [3.63, 3.8) is 0 Å². The first-order valence-corrected chi connectivity index (χ1v) is 13.4. The Morgan fingerprint density at radius 3 is 2.63 bits per heavy atom. The van der Waals surface area contributed by atoms with Crippen molar-refractivity contribution in [3.05, 3.63) is 102 Å². The minimum Gasteiger partial charge on any atom is -0.383 e. The predicted molar refractivity (Wildman–Crippen MR) is 153 cm³/mol. The molecule has 0 spiro atoms. The minimum absolute atomic E-state index is 0.110. The number of ketones is 1. The van der Waals surface area contributed by atoms with Gasteiger partial charge in [-0.1, -0.05) is 41.7 Å². The summed E-state index contributed by atoms with van der Waals surface area (Å²) in [7, 11) is 3.81. The van der Waals surface area contributed by atoms with Crippen LogP contribution in [0.3, 0.4) is 0 Å². The molecular formula is C30H31N5O2S. The quantitative estimate of drug-likeness (QED) is 0.213. The van der Waals surface area contributed by atoms with Crippen molar-refractivity contribution in [2.75, 3.05) is 32.6 Å². The van der Waals surface area contributed by atoms with Crippen molar-refractivity contribution in [2.24, 2.45) is 0 Å². The van der Waals surface area contributed by atoms with Gasteiger partial charge in [0.2, 0.25) is 0 Å². The molecule has 2 aromatic carbocycles. The van der Waals surface area contributed by atoms with Crippen LogP contribution < -0.4 is 5.32 Å². The lowest BCUT2D eigenvalue weighted by Crippen LogP contribution is -2.23. The molecule has 5 aromatic rings.